The van der Waals surface area contributed by atoms with E-state index < -0.39 is 5.97 Å². The first kappa shape index (κ1) is 12.9. The van der Waals surface area contributed by atoms with Crippen molar-refractivity contribution in [3.63, 3.8) is 0 Å². The Balaban J connectivity index is 0. The number of carbonyl (C=O) groups is 1. The molecule has 0 aromatic carbocycles. The van der Waals surface area contributed by atoms with Crippen LogP contribution in [0.5, 0.6) is 0 Å². The van der Waals surface area contributed by atoms with Gasteiger partial charge in [0.1, 0.15) is 0 Å². The summed E-state index contributed by atoms with van der Waals surface area (Å²) in [6.45, 7) is 0. The summed E-state index contributed by atoms with van der Waals surface area (Å²) in [5.41, 5.74) is 0.0231. The van der Waals surface area contributed by atoms with E-state index in [9.17, 15) is 9.90 Å². The standard InChI is InChI=1S/C4H2NO2S.2Li/c6-4(7)3-1-5-8-2-3;;/h1H,(H,6,7);;/q-1;2*+1/p-1. The molecule has 1 aromatic heterocycles. The van der Waals surface area contributed by atoms with E-state index in [0.29, 0.717) is 0 Å². The molecule has 0 amide bonds. The fourth-order valence-corrected chi connectivity index (χ4v) is 0.721. The van der Waals surface area contributed by atoms with Gasteiger partial charge in [-0.1, -0.05) is 11.6 Å². The Morgan fingerprint density at radius 3 is 2.50 bits per heavy atom. The van der Waals surface area contributed by atoms with Gasteiger partial charge in [0.15, 0.2) is 0 Å². The van der Waals surface area contributed by atoms with Gasteiger partial charge < -0.3 is 9.90 Å². The van der Waals surface area contributed by atoms with Crippen molar-refractivity contribution >= 4 is 17.5 Å². The SMILES string of the molecule is O=C([O-])c1[c-]snc1.[Li+].[Li+]. The zero-order chi connectivity index (χ0) is 5.98. The topological polar surface area (TPSA) is 53.0 Å². The molecular weight excluding hydrogens is 140 g/mol. The van der Waals surface area contributed by atoms with E-state index in [-0.39, 0.29) is 43.3 Å². The molecule has 0 spiro atoms. The van der Waals surface area contributed by atoms with Crippen molar-refractivity contribution in [1.82, 2.24) is 4.37 Å². The second-order valence-corrected chi connectivity index (χ2v) is 1.73. The number of aromatic nitrogens is 1. The molecule has 0 saturated heterocycles. The maximum Gasteiger partial charge on any atom is 1.00 e. The predicted octanol–water partition coefficient (Wildman–Crippen LogP) is -6.69. The molecule has 3 nitrogen and oxygen atoms in total. The molecule has 0 aliphatic carbocycles. The fraction of sp³-hybridized carbons (Fsp3) is 0. The summed E-state index contributed by atoms with van der Waals surface area (Å²) in [5, 5.41) is 12.3. The number of carboxylic acids is 1. The Bertz CT molecular complexity index is 189. The quantitative estimate of drug-likeness (QED) is 0.288. The monoisotopic (exact) mass is 141 g/mol. The van der Waals surface area contributed by atoms with Gasteiger partial charge in [0.25, 0.3) is 0 Å². The van der Waals surface area contributed by atoms with Crippen molar-refractivity contribution in [3.05, 3.63) is 17.1 Å². The molecule has 10 heavy (non-hydrogen) atoms. The molecule has 0 fully saturated rings. The van der Waals surface area contributed by atoms with Crippen molar-refractivity contribution in [1.29, 1.82) is 0 Å². The summed E-state index contributed by atoms with van der Waals surface area (Å²) >= 11 is 0.972. The zero-order valence-electron chi connectivity index (χ0n) is 5.75. The molecule has 1 rings (SSSR count). The van der Waals surface area contributed by atoms with Crippen molar-refractivity contribution in [2.45, 2.75) is 0 Å². The van der Waals surface area contributed by atoms with E-state index in [0.717, 1.165) is 11.5 Å². The number of aromatic carboxylic acids is 1. The number of hydrogen-bond acceptors (Lipinski definition) is 4. The number of nitrogens with zero attached hydrogens (tertiary/aromatic N) is 1. The smallest absolute Gasteiger partial charge is 0.622 e. The van der Waals surface area contributed by atoms with Gasteiger partial charge in [-0.25, -0.2) is 0 Å². The van der Waals surface area contributed by atoms with Gasteiger partial charge in [0.2, 0.25) is 0 Å². The summed E-state index contributed by atoms with van der Waals surface area (Å²) in [5.74, 6) is -1.22. The van der Waals surface area contributed by atoms with Crippen LogP contribution in [0.4, 0.5) is 0 Å². The predicted molar refractivity (Wildman–Crippen MR) is 25.3 cm³/mol. The third-order valence-electron chi connectivity index (χ3n) is 0.610. The van der Waals surface area contributed by atoms with Gasteiger partial charge in [-0.2, -0.15) is 0 Å². The van der Waals surface area contributed by atoms with Crippen molar-refractivity contribution < 1.29 is 47.6 Å². The second kappa shape index (κ2) is 6.03. The first-order chi connectivity index (χ1) is 3.80. The Hall–Kier alpha value is 0.295. The Morgan fingerprint density at radius 2 is 2.30 bits per heavy atom. The van der Waals surface area contributed by atoms with Crippen LogP contribution < -0.4 is 42.8 Å². The Kier molecular flexibility index (Phi) is 7.80. The third kappa shape index (κ3) is 3.46. The normalized spacial score (nSPS) is 7.20. The van der Waals surface area contributed by atoms with Gasteiger partial charge in [0.05, 0.1) is 0 Å². The first-order valence-corrected chi connectivity index (χ1v) is 2.62. The number of carboxylic acid groups (broad SMARTS) is 1. The van der Waals surface area contributed by atoms with Crippen LogP contribution in [-0.2, 0) is 0 Å². The largest absolute Gasteiger partial charge is 1.00 e. The first-order valence-electron chi connectivity index (χ1n) is 1.84. The number of rotatable bonds is 1. The number of hydrogen-bond donors (Lipinski definition) is 0. The summed E-state index contributed by atoms with van der Waals surface area (Å²) in [6, 6.07) is 0. The van der Waals surface area contributed by atoms with E-state index >= 15 is 0 Å². The van der Waals surface area contributed by atoms with Crippen LogP contribution in [0.2, 0.25) is 0 Å². The molecular formula is C4HLi2NO2S. The summed E-state index contributed by atoms with van der Waals surface area (Å²) in [7, 11) is 0. The maximum atomic E-state index is 9.89. The zero-order valence-corrected chi connectivity index (χ0v) is 6.57. The van der Waals surface area contributed by atoms with Crippen LogP contribution in [0.3, 0.4) is 0 Å². The van der Waals surface area contributed by atoms with E-state index in [1.165, 1.54) is 6.20 Å². The van der Waals surface area contributed by atoms with Crippen molar-refractivity contribution in [2.75, 3.05) is 0 Å². The van der Waals surface area contributed by atoms with Crippen LogP contribution in [0, 0.1) is 5.38 Å². The summed E-state index contributed by atoms with van der Waals surface area (Å²) in [6.07, 6.45) is 1.21. The summed E-state index contributed by atoms with van der Waals surface area (Å²) in [4.78, 5) is 9.89. The Morgan fingerprint density at radius 1 is 1.70 bits per heavy atom. The van der Waals surface area contributed by atoms with Crippen LogP contribution in [0.1, 0.15) is 10.4 Å². The van der Waals surface area contributed by atoms with Crippen LogP contribution in [0.25, 0.3) is 0 Å². The molecule has 0 bridgehead atoms. The minimum absolute atomic E-state index is 0. The van der Waals surface area contributed by atoms with Crippen LogP contribution in [0.15, 0.2) is 6.20 Å². The average molecular weight is 141 g/mol. The second-order valence-electron chi connectivity index (χ2n) is 1.13. The van der Waals surface area contributed by atoms with Crippen LogP contribution in [-0.4, -0.2) is 10.3 Å². The molecule has 6 heteroatoms. The molecule has 0 radical (unpaired) electrons. The van der Waals surface area contributed by atoms with Crippen molar-refractivity contribution in [3.8, 4) is 0 Å². The number of carbonyl (C=O) groups excluding carboxylic acids is 1. The summed E-state index contributed by atoms with van der Waals surface area (Å²) < 4.78 is 3.51. The van der Waals surface area contributed by atoms with E-state index in [1.54, 1.807) is 0 Å². The molecule has 0 saturated carbocycles. The molecule has 1 heterocycles. The average Bonchev–Trinajstić information content (AvgIpc) is 2.12. The van der Waals surface area contributed by atoms with E-state index in [1.807, 2.05) is 0 Å². The molecule has 1 aromatic rings. The van der Waals surface area contributed by atoms with E-state index in [4.69, 9.17) is 0 Å². The third-order valence-corrected chi connectivity index (χ3v) is 1.13. The van der Waals surface area contributed by atoms with E-state index in [2.05, 4.69) is 9.75 Å². The molecule has 42 valence electrons. The molecule has 0 aliphatic heterocycles. The van der Waals surface area contributed by atoms with Gasteiger partial charge in [-0.15, -0.1) is 17.1 Å². The van der Waals surface area contributed by atoms with Gasteiger partial charge in [-0.3, -0.25) is 4.37 Å². The van der Waals surface area contributed by atoms with Gasteiger partial charge in [0, 0.05) is 0 Å². The minimum atomic E-state index is -1.22. The molecule has 0 unspecified atom stereocenters. The molecule has 0 N–H and O–H groups in total. The van der Waals surface area contributed by atoms with Gasteiger partial charge in [-0.05, 0) is 5.97 Å². The molecule has 0 aliphatic rings. The van der Waals surface area contributed by atoms with Crippen LogP contribution >= 0.6 is 11.5 Å². The fourth-order valence-electron chi connectivity index (χ4n) is 0.275. The maximum absolute atomic E-state index is 9.89. The Labute approximate surface area is 86.3 Å². The minimum Gasteiger partial charge on any atom is -0.622 e. The van der Waals surface area contributed by atoms with Crippen molar-refractivity contribution in [2.24, 2.45) is 0 Å². The molecule has 0 atom stereocenters. The van der Waals surface area contributed by atoms with Gasteiger partial charge >= 0.3 is 37.7 Å².